The molecule has 0 N–H and O–H groups in total. The lowest BCUT2D eigenvalue weighted by molar-refractivity contribution is -0.0385. The smallest absolute Gasteiger partial charge is 0.0829 e. The van der Waals surface area contributed by atoms with Gasteiger partial charge in [-0.1, -0.05) is 22.9 Å². The Morgan fingerprint density at radius 3 is 2.81 bits per heavy atom. The van der Waals surface area contributed by atoms with Gasteiger partial charge >= 0.3 is 0 Å². The molecule has 2 rings (SSSR count). The SMILES string of the molecule is CC1CCN(CC2CN(C)CCO2)CC1Br. The second-order valence-corrected chi connectivity index (χ2v) is 6.47. The zero-order chi connectivity index (χ0) is 11.5. The van der Waals surface area contributed by atoms with Gasteiger partial charge in [-0.15, -0.1) is 0 Å². The quantitative estimate of drug-likeness (QED) is 0.716. The van der Waals surface area contributed by atoms with Crippen molar-refractivity contribution in [1.29, 1.82) is 0 Å². The van der Waals surface area contributed by atoms with Gasteiger partial charge < -0.3 is 9.64 Å². The molecular formula is C12H23BrN2O. The van der Waals surface area contributed by atoms with Crippen LogP contribution in [0.25, 0.3) is 0 Å². The molecule has 0 spiro atoms. The highest BCUT2D eigenvalue weighted by Gasteiger charge is 2.27. The number of hydrogen-bond donors (Lipinski definition) is 0. The third-order valence-corrected chi connectivity index (χ3v) is 4.95. The molecule has 0 radical (unpaired) electrons. The number of likely N-dealkylation sites (N-methyl/N-ethyl adjacent to an activating group) is 1. The number of rotatable bonds is 2. The molecule has 3 nitrogen and oxygen atoms in total. The summed E-state index contributed by atoms with van der Waals surface area (Å²) in [4.78, 5) is 5.57. The number of halogens is 1. The molecule has 2 saturated heterocycles. The highest BCUT2D eigenvalue weighted by molar-refractivity contribution is 9.09. The van der Waals surface area contributed by atoms with E-state index in [-0.39, 0.29) is 0 Å². The van der Waals surface area contributed by atoms with Gasteiger partial charge in [0.15, 0.2) is 0 Å². The zero-order valence-electron chi connectivity index (χ0n) is 10.4. The Bertz CT molecular complexity index is 227. The number of ether oxygens (including phenoxy) is 1. The van der Waals surface area contributed by atoms with E-state index in [0.717, 1.165) is 32.2 Å². The van der Waals surface area contributed by atoms with Crippen LogP contribution in [0.15, 0.2) is 0 Å². The Morgan fingerprint density at radius 2 is 2.12 bits per heavy atom. The monoisotopic (exact) mass is 290 g/mol. The first-order valence-electron chi connectivity index (χ1n) is 6.31. The van der Waals surface area contributed by atoms with Gasteiger partial charge in [-0.3, -0.25) is 4.90 Å². The Balaban J connectivity index is 1.76. The van der Waals surface area contributed by atoms with Crippen molar-refractivity contribution in [2.24, 2.45) is 5.92 Å². The molecule has 0 aliphatic carbocycles. The summed E-state index contributed by atoms with van der Waals surface area (Å²) >= 11 is 3.78. The average molecular weight is 291 g/mol. The minimum atomic E-state index is 0.409. The largest absolute Gasteiger partial charge is 0.374 e. The van der Waals surface area contributed by atoms with Crippen LogP contribution in [0.2, 0.25) is 0 Å². The molecule has 0 saturated carbocycles. The van der Waals surface area contributed by atoms with Gasteiger partial charge in [0.25, 0.3) is 0 Å². The van der Waals surface area contributed by atoms with Gasteiger partial charge in [0, 0.05) is 31.0 Å². The first kappa shape index (κ1) is 12.8. The Kier molecular flexibility index (Phi) is 4.65. The second kappa shape index (κ2) is 5.80. The molecule has 0 aromatic carbocycles. The molecule has 4 heteroatoms. The molecule has 2 heterocycles. The summed E-state index contributed by atoms with van der Waals surface area (Å²) in [5.41, 5.74) is 0. The van der Waals surface area contributed by atoms with Crippen LogP contribution in [0.1, 0.15) is 13.3 Å². The van der Waals surface area contributed by atoms with E-state index in [2.05, 4.69) is 39.7 Å². The number of alkyl halides is 1. The van der Waals surface area contributed by atoms with Crippen molar-refractivity contribution in [2.75, 3.05) is 46.4 Å². The molecule has 0 bridgehead atoms. The van der Waals surface area contributed by atoms with E-state index in [1.807, 2.05) is 0 Å². The lowest BCUT2D eigenvalue weighted by atomic mass is 9.99. The van der Waals surface area contributed by atoms with Crippen molar-refractivity contribution < 1.29 is 4.74 Å². The first-order chi connectivity index (χ1) is 7.65. The summed E-state index contributed by atoms with van der Waals surface area (Å²) in [5, 5.41) is 0. The fraction of sp³-hybridized carbons (Fsp3) is 1.00. The lowest BCUT2D eigenvalue weighted by Gasteiger charge is -2.38. The Morgan fingerprint density at radius 1 is 1.31 bits per heavy atom. The Labute approximate surface area is 107 Å². The van der Waals surface area contributed by atoms with E-state index < -0.39 is 0 Å². The number of nitrogens with zero attached hydrogens (tertiary/aromatic N) is 2. The third kappa shape index (κ3) is 3.42. The number of piperidine rings is 1. The van der Waals surface area contributed by atoms with Crippen LogP contribution < -0.4 is 0 Å². The predicted molar refractivity (Wildman–Crippen MR) is 70.2 cm³/mol. The number of morpholine rings is 1. The van der Waals surface area contributed by atoms with Crippen molar-refractivity contribution in [3.05, 3.63) is 0 Å². The van der Waals surface area contributed by atoms with Crippen LogP contribution in [0.4, 0.5) is 0 Å². The van der Waals surface area contributed by atoms with E-state index in [1.165, 1.54) is 19.5 Å². The van der Waals surface area contributed by atoms with Gasteiger partial charge in [0.1, 0.15) is 0 Å². The molecule has 2 aliphatic rings. The predicted octanol–water partition coefficient (Wildman–Crippen LogP) is 1.42. The van der Waals surface area contributed by atoms with Crippen LogP contribution >= 0.6 is 15.9 Å². The van der Waals surface area contributed by atoms with Gasteiger partial charge in [-0.25, -0.2) is 0 Å². The topological polar surface area (TPSA) is 15.7 Å². The van der Waals surface area contributed by atoms with Crippen LogP contribution in [-0.2, 0) is 4.74 Å². The van der Waals surface area contributed by atoms with E-state index in [0.29, 0.717) is 10.9 Å². The maximum atomic E-state index is 5.81. The van der Waals surface area contributed by atoms with E-state index >= 15 is 0 Å². The van der Waals surface area contributed by atoms with Crippen LogP contribution in [-0.4, -0.2) is 67.1 Å². The first-order valence-corrected chi connectivity index (χ1v) is 7.23. The fourth-order valence-electron chi connectivity index (χ4n) is 2.52. The summed E-state index contributed by atoms with van der Waals surface area (Å²) < 4.78 is 5.81. The molecule has 2 fully saturated rings. The minimum absolute atomic E-state index is 0.409. The van der Waals surface area contributed by atoms with Crippen LogP contribution in [0.5, 0.6) is 0 Å². The minimum Gasteiger partial charge on any atom is -0.374 e. The van der Waals surface area contributed by atoms with Crippen LogP contribution in [0, 0.1) is 5.92 Å². The van der Waals surface area contributed by atoms with Crippen molar-refractivity contribution in [3.8, 4) is 0 Å². The number of likely N-dealkylation sites (tertiary alicyclic amines) is 1. The highest BCUT2D eigenvalue weighted by Crippen LogP contribution is 2.23. The van der Waals surface area contributed by atoms with E-state index in [9.17, 15) is 0 Å². The van der Waals surface area contributed by atoms with Gasteiger partial charge in [-0.2, -0.15) is 0 Å². The standard InChI is InChI=1S/C12H23BrN2O/c1-10-3-4-15(9-12(10)13)8-11-7-14(2)5-6-16-11/h10-12H,3-9H2,1-2H3. The Hall–Kier alpha value is 0.360. The molecule has 94 valence electrons. The average Bonchev–Trinajstić information content (AvgIpc) is 2.24. The van der Waals surface area contributed by atoms with Crippen molar-refractivity contribution in [3.63, 3.8) is 0 Å². The van der Waals surface area contributed by atoms with E-state index in [4.69, 9.17) is 4.74 Å². The van der Waals surface area contributed by atoms with Gasteiger partial charge in [0.05, 0.1) is 12.7 Å². The summed E-state index contributed by atoms with van der Waals surface area (Å²) in [6.07, 6.45) is 1.71. The van der Waals surface area contributed by atoms with Gasteiger partial charge in [0.2, 0.25) is 0 Å². The second-order valence-electron chi connectivity index (χ2n) is 5.30. The molecule has 2 aliphatic heterocycles. The molecular weight excluding hydrogens is 268 g/mol. The molecule has 3 unspecified atom stereocenters. The molecule has 0 aromatic heterocycles. The van der Waals surface area contributed by atoms with Gasteiger partial charge in [-0.05, 0) is 25.9 Å². The number of hydrogen-bond acceptors (Lipinski definition) is 3. The molecule has 3 atom stereocenters. The summed E-state index contributed by atoms with van der Waals surface area (Å²) in [6, 6.07) is 0. The molecule has 0 aromatic rings. The maximum absolute atomic E-state index is 5.81. The van der Waals surface area contributed by atoms with Crippen molar-refractivity contribution in [2.45, 2.75) is 24.3 Å². The van der Waals surface area contributed by atoms with Crippen LogP contribution in [0.3, 0.4) is 0 Å². The zero-order valence-corrected chi connectivity index (χ0v) is 11.9. The van der Waals surface area contributed by atoms with Crippen molar-refractivity contribution >= 4 is 15.9 Å². The highest BCUT2D eigenvalue weighted by atomic mass is 79.9. The lowest BCUT2D eigenvalue weighted by Crippen LogP contribution is -2.49. The summed E-state index contributed by atoms with van der Waals surface area (Å²) in [7, 11) is 2.18. The van der Waals surface area contributed by atoms with E-state index in [1.54, 1.807) is 0 Å². The third-order valence-electron chi connectivity index (χ3n) is 3.75. The summed E-state index contributed by atoms with van der Waals surface area (Å²) in [5.74, 6) is 0.811. The molecule has 16 heavy (non-hydrogen) atoms. The van der Waals surface area contributed by atoms with Crippen molar-refractivity contribution in [1.82, 2.24) is 9.80 Å². The fourth-order valence-corrected chi connectivity index (χ4v) is 3.19. The summed E-state index contributed by atoms with van der Waals surface area (Å²) in [6.45, 7) is 8.88. The normalized spacial score (nSPS) is 38.8. The molecule has 0 amide bonds. The maximum Gasteiger partial charge on any atom is 0.0829 e.